The Morgan fingerprint density at radius 3 is 2.70 bits per heavy atom. The zero-order valence-electron chi connectivity index (χ0n) is 11.6. The minimum Gasteiger partial charge on any atom is -0.329 e. The highest BCUT2D eigenvalue weighted by Crippen LogP contribution is 2.39. The molecule has 1 aliphatic rings. The SMILES string of the molecule is CC1CCC(CN)(C(=O)Nc2c(F)cccc2Br)CC1. The minimum absolute atomic E-state index is 0.169. The molecule has 0 aromatic heterocycles. The number of hydrogen-bond donors (Lipinski definition) is 2. The first-order chi connectivity index (χ1) is 9.48. The monoisotopic (exact) mass is 342 g/mol. The first kappa shape index (κ1) is 15.4. The van der Waals surface area contributed by atoms with E-state index in [4.69, 9.17) is 5.73 Å². The van der Waals surface area contributed by atoms with Crippen molar-refractivity contribution >= 4 is 27.5 Å². The van der Waals surface area contributed by atoms with Crippen molar-refractivity contribution in [2.75, 3.05) is 11.9 Å². The van der Waals surface area contributed by atoms with Crippen LogP contribution in [0, 0.1) is 17.2 Å². The van der Waals surface area contributed by atoms with Crippen molar-refractivity contribution in [3.05, 3.63) is 28.5 Å². The van der Waals surface area contributed by atoms with Gasteiger partial charge < -0.3 is 11.1 Å². The van der Waals surface area contributed by atoms with Gasteiger partial charge in [0.2, 0.25) is 5.91 Å². The number of anilines is 1. The number of carbonyl (C=O) groups is 1. The molecular weight excluding hydrogens is 323 g/mol. The molecule has 0 saturated heterocycles. The summed E-state index contributed by atoms with van der Waals surface area (Å²) < 4.78 is 14.3. The molecule has 2 rings (SSSR count). The van der Waals surface area contributed by atoms with E-state index >= 15 is 0 Å². The number of nitrogens with one attached hydrogen (secondary N) is 1. The van der Waals surface area contributed by atoms with E-state index in [2.05, 4.69) is 28.2 Å². The number of rotatable bonds is 3. The quantitative estimate of drug-likeness (QED) is 0.880. The lowest BCUT2D eigenvalue weighted by Gasteiger charge is -2.37. The molecule has 0 bridgehead atoms. The van der Waals surface area contributed by atoms with Crippen LogP contribution in [0.2, 0.25) is 0 Å². The molecule has 20 heavy (non-hydrogen) atoms. The van der Waals surface area contributed by atoms with E-state index in [1.807, 2.05) is 0 Å². The van der Waals surface area contributed by atoms with Crippen LogP contribution in [-0.4, -0.2) is 12.5 Å². The molecule has 3 nitrogen and oxygen atoms in total. The maximum atomic E-state index is 13.8. The third kappa shape index (κ3) is 3.04. The van der Waals surface area contributed by atoms with E-state index < -0.39 is 11.2 Å². The van der Waals surface area contributed by atoms with E-state index in [0.717, 1.165) is 25.7 Å². The van der Waals surface area contributed by atoms with Crippen molar-refractivity contribution in [1.82, 2.24) is 0 Å². The zero-order valence-corrected chi connectivity index (χ0v) is 13.2. The van der Waals surface area contributed by atoms with Gasteiger partial charge in [-0.25, -0.2) is 4.39 Å². The van der Waals surface area contributed by atoms with Crippen LogP contribution in [0.5, 0.6) is 0 Å². The zero-order chi connectivity index (χ0) is 14.8. The molecule has 1 amide bonds. The Morgan fingerprint density at radius 2 is 2.15 bits per heavy atom. The fourth-order valence-electron chi connectivity index (χ4n) is 2.70. The van der Waals surface area contributed by atoms with Gasteiger partial charge in [-0.1, -0.05) is 13.0 Å². The summed E-state index contributed by atoms with van der Waals surface area (Å²) >= 11 is 3.26. The maximum absolute atomic E-state index is 13.8. The van der Waals surface area contributed by atoms with Crippen LogP contribution < -0.4 is 11.1 Å². The van der Waals surface area contributed by atoms with Crippen LogP contribution in [0.4, 0.5) is 10.1 Å². The Kier molecular flexibility index (Phi) is 4.81. The van der Waals surface area contributed by atoms with Gasteiger partial charge in [0.05, 0.1) is 11.1 Å². The molecule has 0 atom stereocenters. The van der Waals surface area contributed by atoms with Gasteiger partial charge in [-0.3, -0.25) is 4.79 Å². The second-order valence-corrected chi connectivity index (χ2v) is 6.57. The topological polar surface area (TPSA) is 55.1 Å². The van der Waals surface area contributed by atoms with Crippen molar-refractivity contribution in [3.8, 4) is 0 Å². The lowest BCUT2D eigenvalue weighted by Crippen LogP contribution is -2.45. The third-order valence-corrected chi connectivity index (χ3v) is 4.97. The van der Waals surface area contributed by atoms with Gasteiger partial charge in [-0.2, -0.15) is 0 Å². The molecule has 1 aromatic rings. The van der Waals surface area contributed by atoms with E-state index in [1.165, 1.54) is 6.07 Å². The number of hydrogen-bond acceptors (Lipinski definition) is 2. The molecule has 0 radical (unpaired) electrons. The number of halogens is 2. The molecule has 1 aliphatic carbocycles. The van der Waals surface area contributed by atoms with Crippen LogP contribution in [0.1, 0.15) is 32.6 Å². The highest BCUT2D eigenvalue weighted by Gasteiger charge is 2.40. The summed E-state index contributed by atoms with van der Waals surface area (Å²) in [5.74, 6) is 0.0180. The number of benzene rings is 1. The second kappa shape index (κ2) is 6.22. The van der Waals surface area contributed by atoms with Crippen molar-refractivity contribution in [2.24, 2.45) is 17.1 Å². The Hall–Kier alpha value is -0.940. The number of nitrogens with two attached hydrogens (primary N) is 1. The lowest BCUT2D eigenvalue weighted by molar-refractivity contribution is -0.127. The summed E-state index contributed by atoms with van der Waals surface area (Å²) in [6.45, 7) is 2.49. The van der Waals surface area contributed by atoms with Gasteiger partial charge in [-0.05, 0) is 59.7 Å². The summed E-state index contributed by atoms with van der Waals surface area (Å²) in [6, 6.07) is 4.63. The molecule has 1 saturated carbocycles. The fraction of sp³-hybridized carbons (Fsp3) is 0.533. The van der Waals surface area contributed by atoms with Gasteiger partial charge >= 0.3 is 0 Å². The van der Waals surface area contributed by atoms with E-state index in [1.54, 1.807) is 12.1 Å². The van der Waals surface area contributed by atoms with Crippen molar-refractivity contribution in [1.29, 1.82) is 0 Å². The van der Waals surface area contributed by atoms with Crippen LogP contribution in [0.25, 0.3) is 0 Å². The minimum atomic E-state index is -0.561. The third-order valence-electron chi connectivity index (χ3n) is 4.31. The average Bonchev–Trinajstić information content (AvgIpc) is 2.44. The van der Waals surface area contributed by atoms with Gasteiger partial charge in [0, 0.05) is 11.0 Å². The highest BCUT2D eigenvalue weighted by molar-refractivity contribution is 9.10. The van der Waals surface area contributed by atoms with Crippen LogP contribution >= 0.6 is 15.9 Å². The first-order valence-electron chi connectivity index (χ1n) is 6.94. The Balaban J connectivity index is 2.18. The number of carbonyl (C=O) groups excluding carboxylic acids is 1. The molecule has 5 heteroatoms. The van der Waals surface area contributed by atoms with E-state index in [0.29, 0.717) is 16.9 Å². The molecular formula is C15H20BrFN2O. The predicted octanol–water partition coefficient (Wildman–Crippen LogP) is 3.68. The van der Waals surface area contributed by atoms with Gasteiger partial charge in [-0.15, -0.1) is 0 Å². The van der Waals surface area contributed by atoms with Gasteiger partial charge in [0.15, 0.2) is 0 Å². The van der Waals surface area contributed by atoms with Crippen molar-refractivity contribution < 1.29 is 9.18 Å². The molecule has 0 unspecified atom stereocenters. The Morgan fingerprint density at radius 1 is 1.50 bits per heavy atom. The van der Waals surface area contributed by atoms with Crippen molar-refractivity contribution in [3.63, 3.8) is 0 Å². The maximum Gasteiger partial charge on any atom is 0.231 e. The van der Waals surface area contributed by atoms with Crippen LogP contribution in [-0.2, 0) is 4.79 Å². The second-order valence-electron chi connectivity index (χ2n) is 5.72. The average molecular weight is 343 g/mol. The molecule has 0 spiro atoms. The van der Waals surface area contributed by atoms with E-state index in [9.17, 15) is 9.18 Å². The van der Waals surface area contributed by atoms with Gasteiger partial charge in [0.1, 0.15) is 5.82 Å². The number of amides is 1. The predicted molar refractivity (Wildman–Crippen MR) is 81.8 cm³/mol. The largest absolute Gasteiger partial charge is 0.329 e. The Bertz CT molecular complexity index is 478. The normalized spacial score (nSPS) is 26.3. The highest BCUT2D eigenvalue weighted by atomic mass is 79.9. The standard InChI is InChI=1S/C15H20BrFN2O/c1-10-5-7-15(9-18,8-6-10)14(20)19-13-11(16)3-2-4-12(13)17/h2-4,10H,5-9,18H2,1H3,(H,19,20). The molecule has 3 N–H and O–H groups in total. The number of para-hydroxylation sites is 1. The molecule has 1 fully saturated rings. The first-order valence-corrected chi connectivity index (χ1v) is 7.73. The van der Waals surface area contributed by atoms with Crippen molar-refractivity contribution in [2.45, 2.75) is 32.6 Å². The molecule has 1 aromatic carbocycles. The summed E-state index contributed by atoms with van der Waals surface area (Å²) in [4.78, 5) is 12.6. The summed E-state index contributed by atoms with van der Waals surface area (Å²) in [7, 11) is 0. The smallest absolute Gasteiger partial charge is 0.231 e. The Labute approximate surface area is 127 Å². The fourth-order valence-corrected chi connectivity index (χ4v) is 3.14. The molecule has 110 valence electrons. The lowest BCUT2D eigenvalue weighted by atomic mass is 9.70. The summed E-state index contributed by atoms with van der Waals surface area (Å²) in [6.07, 6.45) is 3.51. The van der Waals surface area contributed by atoms with E-state index in [-0.39, 0.29) is 11.6 Å². The summed E-state index contributed by atoms with van der Waals surface area (Å²) in [5.41, 5.74) is 5.48. The van der Waals surface area contributed by atoms with Gasteiger partial charge in [0.25, 0.3) is 0 Å². The molecule has 0 aliphatic heterocycles. The molecule has 0 heterocycles. The van der Waals surface area contributed by atoms with Crippen LogP contribution in [0.15, 0.2) is 22.7 Å². The van der Waals surface area contributed by atoms with Crippen LogP contribution in [0.3, 0.4) is 0 Å². The summed E-state index contributed by atoms with van der Waals surface area (Å²) in [5, 5.41) is 2.71.